The number of likely N-dealkylation sites (tertiary alicyclic amines) is 1. The van der Waals surface area contributed by atoms with Crippen LogP contribution in [-0.4, -0.2) is 69.1 Å². The van der Waals surface area contributed by atoms with Crippen LogP contribution >= 0.6 is 24.8 Å². The second kappa shape index (κ2) is 11.5. The number of nitrogens with zero attached hydrogens (tertiary/aromatic N) is 2. The lowest BCUT2D eigenvalue weighted by Gasteiger charge is -2.33. The average molecular weight is 378 g/mol. The van der Waals surface area contributed by atoms with Crippen molar-refractivity contribution in [2.45, 2.75) is 18.9 Å². The van der Waals surface area contributed by atoms with Gasteiger partial charge in [-0.2, -0.15) is 0 Å². The summed E-state index contributed by atoms with van der Waals surface area (Å²) in [5, 5.41) is 3.27. The van der Waals surface area contributed by atoms with Gasteiger partial charge in [0, 0.05) is 25.7 Å². The average Bonchev–Trinajstić information content (AvgIpc) is 2.54. The van der Waals surface area contributed by atoms with Crippen molar-refractivity contribution in [1.82, 2.24) is 15.1 Å². The Hall–Kier alpha value is -1.01. The smallest absolute Gasteiger partial charge is 0.257 e. The highest BCUT2D eigenvalue weighted by molar-refractivity contribution is 5.97. The molecule has 24 heavy (non-hydrogen) atoms. The number of halogens is 2. The van der Waals surface area contributed by atoms with E-state index in [0.717, 1.165) is 32.5 Å². The summed E-state index contributed by atoms with van der Waals surface area (Å²) in [6.07, 6.45) is 2.17. The summed E-state index contributed by atoms with van der Waals surface area (Å²) in [4.78, 5) is 16.8. The molecule has 0 aromatic heterocycles. The van der Waals surface area contributed by atoms with Crippen molar-refractivity contribution in [3.05, 3.63) is 29.8 Å². The van der Waals surface area contributed by atoms with Crippen LogP contribution in [0.4, 0.5) is 0 Å². The lowest BCUT2D eigenvalue weighted by Crippen LogP contribution is -2.47. The molecular weight excluding hydrogens is 349 g/mol. The van der Waals surface area contributed by atoms with Gasteiger partial charge in [0.05, 0.1) is 5.56 Å². The molecule has 5 nitrogen and oxygen atoms in total. The van der Waals surface area contributed by atoms with Crippen LogP contribution in [0.25, 0.3) is 0 Å². The largest absolute Gasteiger partial charge is 0.491 e. The molecule has 1 aromatic rings. The number of hydrogen-bond donors (Lipinski definition) is 1. The Labute approximate surface area is 157 Å². The van der Waals surface area contributed by atoms with Crippen molar-refractivity contribution in [3.63, 3.8) is 0 Å². The van der Waals surface area contributed by atoms with Crippen molar-refractivity contribution >= 4 is 30.7 Å². The second-order valence-electron chi connectivity index (χ2n) is 6.03. The number of likely N-dealkylation sites (N-methyl/N-ethyl adjacent to an activating group) is 2. The maximum atomic E-state index is 12.8. The van der Waals surface area contributed by atoms with E-state index in [0.29, 0.717) is 24.0 Å². The van der Waals surface area contributed by atoms with Gasteiger partial charge < -0.3 is 19.9 Å². The highest BCUT2D eigenvalue weighted by Crippen LogP contribution is 2.22. The molecule has 1 fully saturated rings. The molecule has 1 aliphatic rings. The Morgan fingerprint density at radius 1 is 1.33 bits per heavy atom. The molecule has 0 spiro atoms. The van der Waals surface area contributed by atoms with Crippen LogP contribution in [0.5, 0.6) is 5.75 Å². The van der Waals surface area contributed by atoms with Crippen LogP contribution in [0.2, 0.25) is 0 Å². The number of ether oxygens (including phenoxy) is 1. The molecule has 1 aliphatic heterocycles. The standard InChI is InChI=1S/C17H27N3O2.2ClH/c1-18-14-7-6-10-20(13-14)17(21)15-8-4-5-9-16(15)22-12-11-19(2)3;;/h4-5,8-9,14,18H,6-7,10-13H2,1-3H3;2*1H. The molecular formula is C17H29Cl2N3O2. The summed E-state index contributed by atoms with van der Waals surface area (Å²) in [6.45, 7) is 2.99. The quantitative estimate of drug-likeness (QED) is 0.825. The fourth-order valence-electron chi connectivity index (χ4n) is 2.67. The number of carbonyl (C=O) groups excluding carboxylic acids is 1. The van der Waals surface area contributed by atoms with Gasteiger partial charge in [0.1, 0.15) is 12.4 Å². The van der Waals surface area contributed by atoms with Gasteiger partial charge in [-0.15, -0.1) is 24.8 Å². The van der Waals surface area contributed by atoms with Crippen LogP contribution in [0.3, 0.4) is 0 Å². The van der Waals surface area contributed by atoms with Crippen molar-refractivity contribution < 1.29 is 9.53 Å². The zero-order valence-electron chi connectivity index (χ0n) is 14.7. The number of para-hydroxylation sites is 1. The van der Waals surface area contributed by atoms with Crippen LogP contribution in [-0.2, 0) is 0 Å². The number of rotatable bonds is 6. The minimum absolute atomic E-state index is 0. The van der Waals surface area contributed by atoms with E-state index >= 15 is 0 Å². The number of nitrogens with one attached hydrogen (secondary N) is 1. The number of hydrogen-bond acceptors (Lipinski definition) is 4. The summed E-state index contributed by atoms with van der Waals surface area (Å²) in [5.41, 5.74) is 0.665. The normalized spacial score (nSPS) is 17.0. The lowest BCUT2D eigenvalue weighted by molar-refractivity contribution is 0.0693. The first-order valence-electron chi connectivity index (χ1n) is 7.95. The van der Waals surface area contributed by atoms with E-state index in [1.807, 2.05) is 50.3 Å². The molecule has 1 amide bonds. The minimum atomic E-state index is 0. The molecule has 2 rings (SSSR count). The fourth-order valence-corrected chi connectivity index (χ4v) is 2.67. The summed E-state index contributed by atoms with van der Waals surface area (Å²) >= 11 is 0. The predicted molar refractivity (Wildman–Crippen MR) is 103 cm³/mol. The summed E-state index contributed by atoms with van der Waals surface area (Å²) < 4.78 is 5.81. The third kappa shape index (κ3) is 6.48. The van der Waals surface area contributed by atoms with Crippen LogP contribution in [0.1, 0.15) is 23.2 Å². The van der Waals surface area contributed by atoms with E-state index in [1.165, 1.54) is 0 Å². The van der Waals surface area contributed by atoms with E-state index in [9.17, 15) is 4.79 Å². The molecule has 1 aromatic carbocycles. The SMILES string of the molecule is CNC1CCCN(C(=O)c2ccccc2OCCN(C)C)C1.Cl.Cl. The van der Waals surface area contributed by atoms with Crippen molar-refractivity contribution in [2.75, 3.05) is 47.4 Å². The van der Waals surface area contributed by atoms with Gasteiger partial charge in [-0.05, 0) is 46.1 Å². The third-order valence-corrected chi connectivity index (χ3v) is 4.03. The third-order valence-electron chi connectivity index (χ3n) is 4.03. The van der Waals surface area contributed by atoms with E-state index in [-0.39, 0.29) is 30.7 Å². The molecule has 1 saturated heterocycles. The van der Waals surface area contributed by atoms with Crippen molar-refractivity contribution in [1.29, 1.82) is 0 Å². The monoisotopic (exact) mass is 377 g/mol. The Kier molecular flexibility index (Phi) is 11.0. The molecule has 0 radical (unpaired) electrons. The molecule has 138 valence electrons. The fraction of sp³-hybridized carbons (Fsp3) is 0.588. The number of amides is 1. The van der Waals surface area contributed by atoms with Crippen LogP contribution < -0.4 is 10.1 Å². The summed E-state index contributed by atoms with van der Waals surface area (Å²) in [5.74, 6) is 0.751. The molecule has 1 heterocycles. The maximum absolute atomic E-state index is 12.8. The molecule has 1 atom stereocenters. The van der Waals surface area contributed by atoms with E-state index in [4.69, 9.17) is 4.74 Å². The number of benzene rings is 1. The first-order valence-corrected chi connectivity index (χ1v) is 7.95. The summed E-state index contributed by atoms with van der Waals surface area (Å²) in [7, 11) is 5.97. The van der Waals surface area contributed by atoms with Gasteiger partial charge in [0.25, 0.3) is 5.91 Å². The Balaban J connectivity index is 0.00000264. The highest BCUT2D eigenvalue weighted by atomic mass is 35.5. The van der Waals surface area contributed by atoms with E-state index < -0.39 is 0 Å². The first-order chi connectivity index (χ1) is 10.6. The molecule has 7 heteroatoms. The van der Waals surface area contributed by atoms with Gasteiger partial charge in [0.2, 0.25) is 0 Å². The topological polar surface area (TPSA) is 44.8 Å². The molecule has 0 aliphatic carbocycles. The Bertz CT molecular complexity index is 500. The molecule has 1 unspecified atom stereocenters. The van der Waals surface area contributed by atoms with E-state index in [1.54, 1.807) is 0 Å². The Morgan fingerprint density at radius 3 is 2.71 bits per heavy atom. The van der Waals surface area contributed by atoms with Crippen LogP contribution in [0.15, 0.2) is 24.3 Å². The second-order valence-corrected chi connectivity index (χ2v) is 6.03. The summed E-state index contributed by atoms with van der Waals surface area (Å²) in [6, 6.07) is 7.93. The lowest BCUT2D eigenvalue weighted by atomic mass is 10.0. The number of carbonyl (C=O) groups is 1. The molecule has 0 bridgehead atoms. The Morgan fingerprint density at radius 2 is 2.04 bits per heavy atom. The van der Waals surface area contributed by atoms with Gasteiger partial charge in [-0.3, -0.25) is 4.79 Å². The van der Waals surface area contributed by atoms with Crippen molar-refractivity contribution in [3.8, 4) is 5.75 Å². The predicted octanol–water partition coefficient (Wildman–Crippen LogP) is 2.29. The van der Waals surface area contributed by atoms with Gasteiger partial charge in [0.15, 0.2) is 0 Å². The van der Waals surface area contributed by atoms with Crippen molar-refractivity contribution in [2.24, 2.45) is 0 Å². The zero-order chi connectivity index (χ0) is 15.9. The van der Waals surface area contributed by atoms with E-state index in [2.05, 4.69) is 10.2 Å². The van der Waals surface area contributed by atoms with Gasteiger partial charge in [-0.25, -0.2) is 0 Å². The maximum Gasteiger partial charge on any atom is 0.257 e. The highest BCUT2D eigenvalue weighted by Gasteiger charge is 2.25. The van der Waals surface area contributed by atoms with Gasteiger partial charge in [-0.1, -0.05) is 12.1 Å². The molecule has 0 saturated carbocycles. The minimum Gasteiger partial charge on any atom is -0.491 e. The van der Waals surface area contributed by atoms with Gasteiger partial charge >= 0.3 is 0 Å². The van der Waals surface area contributed by atoms with Crippen LogP contribution in [0, 0.1) is 0 Å². The number of piperidine rings is 1. The first kappa shape index (κ1) is 23.0. The zero-order valence-corrected chi connectivity index (χ0v) is 16.3. The molecule has 1 N–H and O–H groups in total.